The third-order valence-corrected chi connectivity index (χ3v) is 4.68. The van der Waals surface area contributed by atoms with Crippen LogP contribution in [-0.4, -0.2) is 34.6 Å². The minimum atomic E-state index is -0.632. The number of carbonyl (C=O) groups excluding carboxylic acids is 1. The van der Waals surface area contributed by atoms with E-state index in [9.17, 15) is 9.90 Å². The Labute approximate surface area is 127 Å². The molecule has 0 radical (unpaired) electrons. The molecule has 1 N–H and O–H groups in total. The zero-order valence-electron chi connectivity index (χ0n) is 10.9. The molecule has 2 fully saturated rings. The van der Waals surface area contributed by atoms with Crippen molar-refractivity contribution in [3.63, 3.8) is 0 Å². The van der Waals surface area contributed by atoms with Gasteiger partial charge in [0, 0.05) is 6.08 Å². The minimum absolute atomic E-state index is 0.0820. The summed E-state index contributed by atoms with van der Waals surface area (Å²) < 4.78 is 0. The molecule has 1 aliphatic carbocycles. The number of nitrogens with zero attached hydrogens (tertiary/aromatic N) is 1. The molecule has 1 aromatic carbocycles. The summed E-state index contributed by atoms with van der Waals surface area (Å²) in [5.41, 5.74) is 0.193. The number of carbonyl (C=O) groups is 1. The molecule has 5 heteroatoms. The van der Waals surface area contributed by atoms with Crippen LogP contribution in [0.4, 0.5) is 0 Å². The zero-order valence-corrected chi connectivity index (χ0v) is 12.4. The molecule has 0 aromatic heterocycles. The number of hydrogen-bond donors (Lipinski definition) is 1. The minimum Gasteiger partial charge on any atom is -0.386 e. The van der Waals surface area contributed by atoms with Crippen molar-refractivity contribution in [1.29, 1.82) is 0 Å². The molecule has 1 saturated carbocycles. The van der Waals surface area contributed by atoms with Crippen LogP contribution in [0, 0.1) is 5.92 Å². The summed E-state index contributed by atoms with van der Waals surface area (Å²) in [6.07, 6.45) is 5.38. The Bertz CT molecular complexity index is 575. The SMILES string of the molecule is O=C(C=Cc1ccc(Cl)c(Cl)c1)N1CC(O)(C2CC2)C1. The first-order valence-corrected chi connectivity index (χ1v) is 7.38. The van der Waals surface area contributed by atoms with Gasteiger partial charge in [0.05, 0.1) is 23.1 Å². The maximum absolute atomic E-state index is 12.0. The van der Waals surface area contributed by atoms with Gasteiger partial charge in [0.15, 0.2) is 0 Å². The number of β-amino-alcohol motifs (C(OH)–C–C–N with tert-alkyl or cyclic N) is 1. The molecular formula is C15H15Cl2NO2. The fourth-order valence-electron chi connectivity index (χ4n) is 2.54. The third kappa shape index (κ3) is 2.71. The summed E-state index contributed by atoms with van der Waals surface area (Å²) in [5.74, 6) is 0.312. The van der Waals surface area contributed by atoms with E-state index in [1.54, 1.807) is 29.2 Å². The number of halogens is 2. The fraction of sp³-hybridized carbons (Fsp3) is 0.400. The van der Waals surface area contributed by atoms with Gasteiger partial charge in [-0.3, -0.25) is 4.79 Å². The van der Waals surface area contributed by atoms with E-state index < -0.39 is 5.60 Å². The van der Waals surface area contributed by atoms with Crippen molar-refractivity contribution in [2.75, 3.05) is 13.1 Å². The summed E-state index contributed by atoms with van der Waals surface area (Å²) in [5, 5.41) is 11.1. The van der Waals surface area contributed by atoms with Crippen LogP contribution < -0.4 is 0 Å². The van der Waals surface area contributed by atoms with Crippen LogP contribution in [0.1, 0.15) is 18.4 Å². The molecule has 0 atom stereocenters. The Balaban J connectivity index is 1.59. The fourth-order valence-corrected chi connectivity index (χ4v) is 2.84. The summed E-state index contributed by atoms with van der Waals surface area (Å²) >= 11 is 11.7. The number of likely N-dealkylation sites (tertiary alicyclic amines) is 1. The van der Waals surface area contributed by atoms with Crippen molar-refractivity contribution < 1.29 is 9.90 Å². The Morgan fingerprint density at radius 3 is 2.60 bits per heavy atom. The van der Waals surface area contributed by atoms with E-state index in [1.165, 1.54) is 6.08 Å². The lowest BCUT2D eigenvalue weighted by Crippen LogP contribution is -2.64. The van der Waals surface area contributed by atoms with Crippen molar-refractivity contribution in [3.05, 3.63) is 39.9 Å². The van der Waals surface area contributed by atoms with Crippen LogP contribution in [0.15, 0.2) is 24.3 Å². The predicted molar refractivity (Wildman–Crippen MR) is 79.7 cm³/mol. The van der Waals surface area contributed by atoms with Gasteiger partial charge in [-0.2, -0.15) is 0 Å². The standard InChI is InChI=1S/C15H15Cl2NO2/c16-12-5-1-10(7-13(12)17)2-6-14(19)18-8-15(20,9-18)11-3-4-11/h1-2,5-7,11,20H,3-4,8-9H2. The highest BCUT2D eigenvalue weighted by atomic mass is 35.5. The first-order valence-electron chi connectivity index (χ1n) is 6.62. The molecule has 3 rings (SSSR count). The summed E-state index contributed by atoms with van der Waals surface area (Å²) in [7, 11) is 0. The van der Waals surface area contributed by atoms with Gasteiger partial charge in [-0.25, -0.2) is 0 Å². The highest BCUT2D eigenvalue weighted by Gasteiger charge is 2.52. The van der Waals surface area contributed by atoms with E-state index in [1.807, 2.05) is 0 Å². The molecule has 1 saturated heterocycles. The number of amides is 1. The monoisotopic (exact) mass is 311 g/mol. The van der Waals surface area contributed by atoms with Gasteiger partial charge in [-0.1, -0.05) is 29.3 Å². The smallest absolute Gasteiger partial charge is 0.246 e. The van der Waals surface area contributed by atoms with Gasteiger partial charge in [0.1, 0.15) is 5.60 Å². The van der Waals surface area contributed by atoms with Gasteiger partial charge in [0.2, 0.25) is 5.91 Å². The molecule has 1 aromatic rings. The van der Waals surface area contributed by atoms with Crippen molar-refractivity contribution in [1.82, 2.24) is 4.90 Å². The quantitative estimate of drug-likeness (QED) is 0.872. The second kappa shape index (κ2) is 5.06. The second-order valence-electron chi connectivity index (χ2n) is 5.58. The molecule has 0 spiro atoms. The Morgan fingerprint density at radius 1 is 1.30 bits per heavy atom. The molecule has 1 heterocycles. The lowest BCUT2D eigenvalue weighted by Gasteiger charge is -2.46. The molecule has 0 unspecified atom stereocenters. The Kier molecular flexibility index (Phi) is 3.53. The topological polar surface area (TPSA) is 40.5 Å². The molecular weight excluding hydrogens is 297 g/mol. The largest absolute Gasteiger partial charge is 0.386 e. The van der Waals surface area contributed by atoms with E-state index >= 15 is 0 Å². The van der Waals surface area contributed by atoms with E-state index in [-0.39, 0.29) is 5.91 Å². The van der Waals surface area contributed by atoms with E-state index in [0.717, 1.165) is 18.4 Å². The summed E-state index contributed by atoms with van der Waals surface area (Å²) in [4.78, 5) is 13.6. The average Bonchev–Trinajstić information content (AvgIpc) is 3.20. The van der Waals surface area contributed by atoms with Crippen LogP contribution in [0.3, 0.4) is 0 Å². The Hall–Kier alpha value is -1.03. The van der Waals surface area contributed by atoms with Crippen molar-refractivity contribution >= 4 is 35.2 Å². The maximum atomic E-state index is 12.0. The first kappa shape index (κ1) is 13.9. The highest BCUT2D eigenvalue weighted by Crippen LogP contribution is 2.44. The maximum Gasteiger partial charge on any atom is 0.246 e. The van der Waals surface area contributed by atoms with Gasteiger partial charge in [0.25, 0.3) is 0 Å². The highest BCUT2D eigenvalue weighted by molar-refractivity contribution is 6.42. The van der Waals surface area contributed by atoms with Crippen molar-refractivity contribution in [2.24, 2.45) is 5.92 Å². The lowest BCUT2D eigenvalue weighted by molar-refractivity contribution is -0.154. The molecule has 0 bridgehead atoms. The van der Waals surface area contributed by atoms with E-state index in [4.69, 9.17) is 23.2 Å². The molecule has 3 nitrogen and oxygen atoms in total. The van der Waals surface area contributed by atoms with Gasteiger partial charge in [-0.05, 0) is 42.5 Å². The van der Waals surface area contributed by atoms with Crippen LogP contribution in [-0.2, 0) is 4.79 Å². The molecule has 1 aliphatic heterocycles. The van der Waals surface area contributed by atoms with Gasteiger partial charge in [-0.15, -0.1) is 0 Å². The average molecular weight is 312 g/mol. The van der Waals surface area contributed by atoms with Crippen LogP contribution in [0.2, 0.25) is 10.0 Å². The van der Waals surface area contributed by atoms with Crippen LogP contribution in [0.5, 0.6) is 0 Å². The number of aliphatic hydroxyl groups is 1. The van der Waals surface area contributed by atoms with Gasteiger partial charge < -0.3 is 10.0 Å². The Morgan fingerprint density at radius 2 is 2.00 bits per heavy atom. The number of hydrogen-bond acceptors (Lipinski definition) is 2. The van der Waals surface area contributed by atoms with Gasteiger partial charge >= 0.3 is 0 Å². The third-order valence-electron chi connectivity index (χ3n) is 3.94. The lowest BCUT2D eigenvalue weighted by atomic mass is 9.88. The predicted octanol–water partition coefficient (Wildman–Crippen LogP) is 2.99. The normalized spacial score (nSPS) is 21.1. The number of rotatable bonds is 3. The number of benzene rings is 1. The molecule has 1 amide bonds. The van der Waals surface area contributed by atoms with Crippen LogP contribution >= 0.6 is 23.2 Å². The van der Waals surface area contributed by atoms with E-state index in [0.29, 0.717) is 29.1 Å². The van der Waals surface area contributed by atoms with Crippen molar-refractivity contribution in [3.8, 4) is 0 Å². The zero-order chi connectivity index (χ0) is 14.3. The summed E-state index contributed by atoms with van der Waals surface area (Å²) in [6, 6.07) is 5.21. The van der Waals surface area contributed by atoms with Crippen molar-refractivity contribution in [2.45, 2.75) is 18.4 Å². The van der Waals surface area contributed by atoms with Crippen LogP contribution in [0.25, 0.3) is 6.08 Å². The molecule has 106 valence electrons. The molecule has 2 aliphatic rings. The van der Waals surface area contributed by atoms with E-state index in [2.05, 4.69) is 0 Å². The summed E-state index contributed by atoms with van der Waals surface area (Å²) in [6.45, 7) is 0.893. The second-order valence-corrected chi connectivity index (χ2v) is 6.39. The first-order chi connectivity index (χ1) is 9.48. The molecule has 20 heavy (non-hydrogen) atoms.